The lowest BCUT2D eigenvalue weighted by Crippen LogP contribution is -2.21. The molecule has 0 saturated heterocycles. The minimum Gasteiger partial charge on any atom is -0.515 e. The minimum absolute atomic E-state index is 0.100. The molecule has 3 heteroatoms. The molecule has 0 radical (unpaired) electrons. The molecule has 0 fully saturated rings. The first kappa shape index (κ1) is 7.86. The molecule has 66 valence electrons. The van der Waals surface area contributed by atoms with Crippen molar-refractivity contribution in [3.63, 3.8) is 0 Å². The van der Waals surface area contributed by atoms with Crippen LogP contribution >= 0.6 is 0 Å². The lowest BCUT2D eigenvalue weighted by Gasteiger charge is -2.17. The number of hydrogen-bond acceptors (Lipinski definition) is 3. The van der Waals surface area contributed by atoms with Gasteiger partial charge >= 0.3 is 0 Å². The number of aliphatic hydroxyl groups is 1. The van der Waals surface area contributed by atoms with E-state index in [1.807, 2.05) is 12.1 Å². The van der Waals surface area contributed by atoms with Gasteiger partial charge in [-0.05, 0) is 12.1 Å². The molecule has 0 unspecified atom stereocenters. The van der Waals surface area contributed by atoms with Crippen LogP contribution in [0.3, 0.4) is 0 Å². The summed E-state index contributed by atoms with van der Waals surface area (Å²) in [6, 6.07) is 7.26. The van der Waals surface area contributed by atoms with E-state index < -0.39 is 0 Å². The fourth-order valence-corrected chi connectivity index (χ4v) is 1.38. The summed E-state index contributed by atoms with van der Waals surface area (Å²) >= 11 is 0. The summed E-state index contributed by atoms with van der Waals surface area (Å²) in [5, 5.41) is 11.8. The van der Waals surface area contributed by atoms with Crippen LogP contribution in [0.1, 0.15) is 10.4 Å². The van der Waals surface area contributed by atoms with Gasteiger partial charge in [-0.25, -0.2) is 0 Å². The van der Waals surface area contributed by atoms with E-state index in [0.29, 0.717) is 17.7 Å². The number of Topliss-reactive ketones (excluding diaryl/α,β-unsaturated/α-hetero) is 1. The second kappa shape index (κ2) is 2.94. The maximum atomic E-state index is 11.6. The van der Waals surface area contributed by atoms with Crippen LogP contribution in [0.25, 0.3) is 0 Å². The van der Waals surface area contributed by atoms with Crippen LogP contribution in [0.4, 0.5) is 5.69 Å². The topological polar surface area (TPSA) is 49.3 Å². The quantitative estimate of drug-likeness (QED) is 0.466. The van der Waals surface area contributed by atoms with Crippen LogP contribution in [-0.2, 0) is 0 Å². The molecule has 0 aliphatic carbocycles. The van der Waals surface area contributed by atoms with Gasteiger partial charge in [0.05, 0.1) is 11.8 Å². The monoisotopic (exact) mass is 175 g/mol. The molecule has 2 N–H and O–H groups in total. The van der Waals surface area contributed by atoms with Gasteiger partial charge in [-0.15, -0.1) is 0 Å². The molecule has 2 rings (SSSR count). The molecular weight excluding hydrogens is 166 g/mol. The van der Waals surface area contributed by atoms with Gasteiger partial charge in [0.15, 0.2) is 5.78 Å². The molecule has 0 atom stereocenters. The van der Waals surface area contributed by atoms with Crippen molar-refractivity contribution < 1.29 is 9.90 Å². The summed E-state index contributed by atoms with van der Waals surface area (Å²) < 4.78 is 0. The van der Waals surface area contributed by atoms with Crippen LogP contribution < -0.4 is 5.32 Å². The van der Waals surface area contributed by atoms with Crippen LogP contribution in [0.2, 0.25) is 0 Å². The van der Waals surface area contributed by atoms with Crippen molar-refractivity contribution in [2.75, 3.05) is 11.9 Å². The maximum Gasteiger partial charge on any atom is 0.195 e. The van der Waals surface area contributed by atoms with E-state index >= 15 is 0 Å². The van der Waals surface area contributed by atoms with Crippen molar-refractivity contribution in [1.29, 1.82) is 0 Å². The van der Waals surface area contributed by atoms with Gasteiger partial charge < -0.3 is 10.4 Å². The van der Waals surface area contributed by atoms with Gasteiger partial charge in [-0.3, -0.25) is 4.79 Å². The second-order valence-electron chi connectivity index (χ2n) is 2.88. The SMILES string of the molecule is O=C1C(=CO)CNc2ccccc21. The number of ketones is 1. The fraction of sp³-hybridized carbons (Fsp3) is 0.100. The van der Waals surface area contributed by atoms with E-state index in [-0.39, 0.29) is 5.78 Å². The Morgan fingerprint density at radius 3 is 2.92 bits per heavy atom. The molecule has 1 heterocycles. The Morgan fingerprint density at radius 2 is 2.15 bits per heavy atom. The number of fused-ring (bicyclic) bond motifs is 1. The summed E-state index contributed by atoms with van der Waals surface area (Å²) in [6.45, 7) is 0.395. The van der Waals surface area contributed by atoms with E-state index in [4.69, 9.17) is 5.11 Å². The highest BCUT2D eigenvalue weighted by atomic mass is 16.2. The van der Waals surface area contributed by atoms with E-state index in [2.05, 4.69) is 5.32 Å². The zero-order chi connectivity index (χ0) is 9.26. The third-order valence-corrected chi connectivity index (χ3v) is 2.09. The number of carbonyl (C=O) groups is 1. The van der Waals surface area contributed by atoms with Crippen LogP contribution in [0.15, 0.2) is 36.1 Å². The highest BCUT2D eigenvalue weighted by Gasteiger charge is 2.20. The Kier molecular flexibility index (Phi) is 1.77. The Morgan fingerprint density at radius 1 is 1.38 bits per heavy atom. The van der Waals surface area contributed by atoms with Crippen LogP contribution in [0.5, 0.6) is 0 Å². The molecule has 1 aliphatic heterocycles. The summed E-state index contributed by atoms with van der Waals surface area (Å²) in [6.07, 6.45) is 0.866. The number of para-hydroxylation sites is 1. The molecule has 1 aromatic carbocycles. The van der Waals surface area contributed by atoms with E-state index in [0.717, 1.165) is 11.9 Å². The van der Waals surface area contributed by atoms with Crippen molar-refractivity contribution in [2.45, 2.75) is 0 Å². The third-order valence-electron chi connectivity index (χ3n) is 2.09. The predicted molar refractivity (Wildman–Crippen MR) is 50.0 cm³/mol. The van der Waals surface area contributed by atoms with Crippen molar-refractivity contribution in [3.05, 3.63) is 41.7 Å². The Hall–Kier alpha value is -1.77. The summed E-state index contributed by atoms with van der Waals surface area (Å²) in [7, 11) is 0. The normalized spacial score (nSPS) is 18.2. The first-order valence-electron chi connectivity index (χ1n) is 4.04. The number of anilines is 1. The highest BCUT2D eigenvalue weighted by Crippen LogP contribution is 2.23. The zero-order valence-electron chi connectivity index (χ0n) is 6.95. The molecule has 0 saturated carbocycles. The van der Waals surface area contributed by atoms with Crippen molar-refractivity contribution in [3.8, 4) is 0 Å². The van der Waals surface area contributed by atoms with Crippen LogP contribution in [-0.4, -0.2) is 17.4 Å². The molecule has 0 amide bonds. The molecular formula is C10H9NO2. The number of aliphatic hydroxyl groups excluding tert-OH is 1. The first-order chi connectivity index (χ1) is 6.33. The van der Waals surface area contributed by atoms with Gasteiger partial charge in [0, 0.05) is 17.8 Å². The number of nitrogens with one attached hydrogen (secondary N) is 1. The van der Waals surface area contributed by atoms with Gasteiger partial charge in [-0.1, -0.05) is 12.1 Å². The van der Waals surface area contributed by atoms with Gasteiger partial charge in [0.1, 0.15) is 0 Å². The van der Waals surface area contributed by atoms with E-state index in [1.165, 1.54) is 0 Å². The maximum absolute atomic E-state index is 11.6. The summed E-state index contributed by atoms with van der Waals surface area (Å²) in [5.41, 5.74) is 1.85. The molecule has 0 spiro atoms. The van der Waals surface area contributed by atoms with Crippen LogP contribution in [0, 0.1) is 0 Å². The molecule has 1 aromatic rings. The molecule has 0 aromatic heterocycles. The van der Waals surface area contributed by atoms with Gasteiger partial charge in [-0.2, -0.15) is 0 Å². The third kappa shape index (κ3) is 1.18. The fourth-order valence-electron chi connectivity index (χ4n) is 1.38. The lowest BCUT2D eigenvalue weighted by molar-refractivity contribution is 0.102. The second-order valence-corrected chi connectivity index (χ2v) is 2.88. The number of rotatable bonds is 0. The summed E-state index contributed by atoms with van der Waals surface area (Å²) in [4.78, 5) is 11.6. The zero-order valence-corrected chi connectivity index (χ0v) is 6.95. The van der Waals surface area contributed by atoms with Crippen molar-refractivity contribution in [2.24, 2.45) is 0 Å². The minimum atomic E-state index is -0.100. The summed E-state index contributed by atoms with van der Waals surface area (Å²) in [5.74, 6) is -0.100. The average Bonchev–Trinajstić information content (AvgIpc) is 2.19. The first-order valence-corrected chi connectivity index (χ1v) is 4.04. The smallest absolute Gasteiger partial charge is 0.195 e. The number of hydrogen-bond donors (Lipinski definition) is 2. The van der Waals surface area contributed by atoms with Gasteiger partial charge in [0.2, 0.25) is 0 Å². The molecule has 3 nitrogen and oxygen atoms in total. The Bertz CT molecular complexity index is 382. The van der Waals surface area contributed by atoms with Gasteiger partial charge in [0.25, 0.3) is 0 Å². The number of benzene rings is 1. The largest absolute Gasteiger partial charge is 0.515 e. The predicted octanol–water partition coefficient (Wildman–Crippen LogP) is 1.74. The number of carbonyl (C=O) groups excluding carboxylic acids is 1. The average molecular weight is 175 g/mol. The lowest BCUT2D eigenvalue weighted by atomic mass is 9.99. The standard InChI is InChI=1S/C10H9NO2/c12-6-7-5-11-9-4-2-1-3-8(9)10(7)13/h1-4,6,11-12H,5H2. The Labute approximate surface area is 75.7 Å². The Balaban J connectivity index is 2.51. The van der Waals surface area contributed by atoms with Crippen molar-refractivity contribution in [1.82, 2.24) is 0 Å². The molecule has 13 heavy (non-hydrogen) atoms. The van der Waals surface area contributed by atoms with Crippen molar-refractivity contribution >= 4 is 11.5 Å². The molecule has 1 aliphatic rings. The van der Waals surface area contributed by atoms with E-state index in [9.17, 15) is 4.79 Å². The highest BCUT2D eigenvalue weighted by molar-refractivity contribution is 6.14. The van der Waals surface area contributed by atoms with E-state index in [1.54, 1.807) is 12.1 Å². The molecule has 0 bridgehead atoms.